The van der Waals surface area contributed by atoms with Crippen LogP contribution >= 0.6 is 0 Å². The Morgan fingerprint density at radius 1 is 1.29 bits per heavy atom. The number of para-hydroxylation sites is 2. The highest BCUT2D eigenvalue weighted by Crippen LogP contribution is 2.29. The van der Waals surface area contributed by atoms with Crippen LogP contribution in [0.2, 0.25) is 0 Å². The standard InChI is InChI=1S/C14H12N2O5/c17-12(15-6-8-5-10(15)13(18)20-8)7-16-9-3-1-2-4-11(9)21-14(16)19/h1-4,8,10H,5-7H2/t8-,10-/m1/s1. The fourth-order valence-electron chi connectivity index (χ4n) is 3.01. The van der Waals surface area contributed by atoms with Crippen LogP contribution in [0.1, 0.15) is 6.42 Å². The fourth-order valence-corrected chi connectivity index (χ4v) is 3.01. The van der Waals surface area contributed by atoms with Gasteiger partial charge in [0.1, 0.15) is 18.7 Å². The molecule has 2 saturated heterocycles. The van der Waals surface area contributed by atoms with Crippen molar-refractivity contribution in [2.24, 2.45) is 0 Å². The molecule has 1 amide bonds. The fraction of sp³-hybridized carbons (Fsp3) is 0.357. The van der Waals surface area contributed by atoms with Gasteiger partial charge < -0.3 is 14.1 Å². The third-order valence-electron chi connectivity index (χ3n) is 4.01. The Bertz CT molecular complexity index is 805. The van der Waals surface area contributed by atoms with Crippen molar-refractivity contribution in [1.29, 1.82) is 0 Å². The van der Waals surface area contributed by atoms with Crippen LogP contribution in [0.15, 0.2) is 33.5 Å². The molecule has 4 rings (SSSR count). The molecule has 7 nitrogen and oxygen atoms in total. The van der Waals surface area contributed by atoms with Crippen LogP contribution in [0.3, 0.4) is 0 Å². The number of esters is 1. The maximum absolute atomic E-state index is 12.4. The summed E-state index contributed by atoms with van der Waals surface area (Å²) in [5.41, 5.74) is 1.01. The second-order valence-electron chi connectivity index (χ2n) is 5.28. The van der Waals surface area contributed by atoms with E-state index in [-0.39, 0.29) is 24.5 Å². The van der Waals surface area contributed by atoms with E-state index in [4.69, 9.17) is 9.15 Å². The Hall–Kier alpha value is -2.57. The van der Waals surface area contributed by atoms with Gasteiger partial charge in [-0.3, -0.25) is 9.36 Å². The number of benzene rings is 1. The van der Waals surface area contributed by atoms with Gasteiger partial charge in [0, 0.05) is 6.42 Å². The van der Waals surface area contributed by atoms with E-state index in [0.717, 1.165) is 0 Å². The molecule has 2 fully saturated rings. The van der Waals surface area contributed by atoms with Crippen LogP contribution in [0.25, 0.3) is 11.1 Å². The monoisotopic (exact) mass is 288 g/mol. The normalized spacial score (nSPS) is 23.8. The van der Waals surface area contributed by atoms with Crippen LogP contribution in [-0.4, -0.2) is 40.0 Å². The maximum Gasteiger partial charge on any atom is 0.420 e. The number of oxazole rings is 1. The van der Waals surface area contributed by atoms with Gasteiger partial charge >= 0.3 is 11.7 Å². The molecular formula is C14H12N2O5. The molecular weight excluding hydrogens is 276 g/mol. The zero-order valence-electron chi connectivity index (χ0n) is 11.0. The average Bonchev–Trinajstić information content (AvgIpc) is 3.12. The Labute approximate surface area is 118 Å². The average molecular weight is 288 g/mol. The van der Waals surface area contributed by atoms with Gasteiger partial charge in [-0.05, 0) is 12.1 Å². The number of morpholine rings is 1. The van der Waals surface area contributed by atoms with Gasteiger partial charge in [-0.25, -0.2) is 9.59 Å². The quantitative estimate of drug-likeness (QED) is 0.733. The van der Waals surface area contributed by atoms with E-state index in [0.29, 0.717) is 24.1 Å². The predicted octanol–water partition coefficient (Wildman–Crippen LogP) is 0.121. The zero-order chi connectivity index (χ0) is 14.6. The van der Waals surface area contributed by atoms with E-state index >= 15 is 0 Å². The highest BCUT2D eigenvalue weighted by atomic mass is 16.6. The highest BCUT2D eigenvalue weighted by Gasteiger charge is 2.48. The number of hydrogen-bond donors (Lipinski definition) is 0. The van der Waals surface area contributed by atoms with Crippen molar-refractivity contribution in [1.82, 2.24) is 9.47 Å². The summed E-state index contributed by atoms with van der Waals surface area (Å²) in [5, 5.41) is 0. The highest BCUT2D eigenvalue weighted by molar-refractivity contribution is 5.88. The Morgan fingerprint density at radius 3 is 2.86 bits per heavy atom. The third kappa shape index (κ3) is 1.77. The summed E-state index contributed by atoms with van der Waals surface area (Å²) >= 11 is 0. The summed E-state index contributed by atoms with van der Waals surface area (Å²) in [6, 6.07) is 6.42. The molecule has 0 spiro atoms. The van der Waals surface area contributed by atoms with Crippen LogP contribution in [0.5, 0.6) is 0 Å². The van der Waals surface area contributed by atoms with Gasteiger partial charge in [-0.2, -0.15) is 0 Å². The number of likely N-dealkylation sites (tertiary alicyclic amines) is 1. The number of amides is 1. The summed E-state index contributed by atoms with van der Waals surface area (Å²) in [6.07, 6.45) is 0.343. The van der Waals surface area contributed by atoms with Crippen molar-refractivity contribution in [2.45, 2.75) is 25.1 Å². The van der Waals surface area contributed by atoms with E-state index in [1.807, 2.05) is 0 Å². The Kier molecular flexibility index (Phi) is 2.44. The lowest BCUT2D eigenvalue weighted by Crippen LogP contribution is -2.46. The lowest BCUT2D eigenvalue weighted by atomic mass is 10.2. The number of hydrogen-bond acceptors (Lipinski definition) is 5. The minimum Gasteiger partial charge on any atom is -0.459 e. The van der Waals surface area contributed by atoms with Crippen LogP contribution in [0, 0.1) is 0 Å². The first-order valence-corrected chi connectivity index (χ1v) is 6.72. The third-order valence-corrected chi connectivity index (χ3v) is 4.01. The largest absolute Gasteiger partial charge is 0.459 e. The molecule has 21 heavy (non-hydrogen) atoms. The van der Waals surface area contributed by atoms with E-state index in [1.165, 1.54) is 9.47 Å². The minimum atomic E-state index is -0.573. The van der Waals surface area contributed by atoms with Crippen LogP contribution < -0.4 is 5.76 Å². The van der Waals surface area contributed by atoms with Crippen LogP contribution in [-0.2, 0) is 20.9 Å². The van der Waals surface area contributed by atoms with Crippen molar-refractivity contribution in [3.8, 4) is 0 Å². The molecule has 0 saturated carbocycles. The molecule has 2 aromatic rings. The molecule has 2 bridgehead atoms. The molecule has 2 aliphatic rings. The van der Waals surface area contributed by atoms with Crippen molar-refractivity contribution in [2.75, 3.05) is 6.54 Å². The molecule has 2 atom stereocenters. The van der Waals surface area contributed by atoms with E-state index in [2.05, 4.69) is 0 Å². The SMILES string of the molecule is O=C1O[C@@H]2C[C@H]1N(C(=O)Cn1c(=O)oc3ccccc31)C2. The number of aromatic nitrogens is 1. The van der Waals surface area contributed by atoms with Gasteiger partial charge in [0.15, 0.2) is 5.58 Å². The number of fused-ring (bicyclic) bond motifs is 3. The molecule has 108 valence electrons. The lowest BCUT2D eigenvalue weighted by molar-refractivity contribution is -0.157. The summed E-state index contributed by atoms with van der Waals surface area (Å²) in [6.45, 7) is 0.270. The first kappa shape index (κ1) is 12.2. The molecule has 1 aromatic heterocycles. The first-order valence-electron chi connectivity index (χ1n) is 6.72. The van der Waals surface area contributed by atoms with Gasteiger partial charge in [-0.1, -0.05) is 12.1 Å². The van der Waals surface area contributed by atoms with Crippen molar-refractivity contribution >= 4 is 23.0 Å². The van der Waals surface area contributed by atoms with Gasteiger partial charge in [0.2, 0.25) is 5.91 Å². The maximum atomic E-state index is 12.4. The molecule has 7 heteroatoms. The minimum absolute atomic E-state index is 0.133. The predicted molar refractivity (Wildman–Crippen MR) is 70.5 cm³/mol. The van der Waals surface area contributed by atoms with Gasteiger partial charge in [-0.15, -0.1) is 0 Å². The summed E-state index contributed by atoms with van der Waals surface area (Å²) < 4.78 is 11.4. The molecule has 0 unspecified atom stereocenters. The zero-order valence-corrected chi connectivity index (χ0v) is 11.0. The molecule has 3 heterocycles. The van der Waals surface area contributed by atoms with Crippen molar-refractivity contribution in [3.63, 3.8) is 0 Å². The molecule has 0 aliphatic carbocycles. The molecule has 1 aromatic carbocycles. The molecule has 0 N–H and O–H groups in total. The summed E-state index contributed by atoms with van der Waals surface area (Å²) in [5.74, 6) is -1.20. The molecule has 0 radical (unpaired) electrons. The number of ether oxygens (including phenoxy) is 1. The lowest BCUT2D eigenvalue weighted by Gasteiger charge is -2.25. The first-order chi connectivity index (χ1) is 10.1. The van der Waals surface area contributed by atoms with Crippen molar-refractivity contribution < 1.29 is 18.7 Å². The topological polar surface area (TPSA) is 81.8 Å². The van der Waals surface area contributed by atoms with Crippen LogP contribution in [0.4, 0.5) is 0 Å². The van der Waals surface area contributed by atoms with Gasteiger partial charge in [0.05, 0.1) is 12.1 Å². The number of carbonyl (C=O) groups is 2. The van der Waals surface area contributed by atoms with Gasteiger partial charge in [0.25, 0.3) is 0 Å². The van der Waals surface area contributed by atoms with E-state index in [9.17, 15) is 14.4 Å². The number of rotatable bonds is 2. The molecule has 2 aliphatic heterocycles. The Balaban J connectivity index is 1.63. The summed E-state index contributed by atoms with van der Waals surface area (Å²) in [4.78, 5) is 37.2. The summed E-state index contributed by atoms with van der Waals surface area (Å²) in [7, 11) is 0. The van der Waals surface area contributed by atoms with E-state index in [1.54, 1.807) is 24.3 Å². The number of carbonyl (C=O) groups excluding carboxylic acids is 2. The van der Waals surface area contributed by atoms with E-state index < -0.39 is 11.8 Å². The number of nitrogens with zero attached hydrogens (tertiary/aromatic N) is 2. The smallest absolute Gasteiger partial charge is 0.420 e. The second kappa shape index (κ2) is 4.21. The Morgan fingerprint density at radius 2 is 2.10 bits per heavy atom. The van der Waals surface area contributed by atoms with Crippen molar-refractivity contribution in [3.05, 3.63) is 34.8 Å². The second-order valence-corrected chi connectivity index (χ2v) is 5.28.